The van der Waals surface area contributed by atoms with Crippen molar-refractivity contribution < 1.29 is 4.79 Å². The van der Waals surface area contributed by atoms with E-state index < -0.39 is 0 Å². The molecule has 1 heterocycles. The van der Waals surface area contributed by atoms with Crippen molar-refractivity contribution in [1.82, 2.24) is 9.13 Å². The molecular weight excluding hydrogens is 202 g/mol. The fourth-order valence-electron chi connectivity index (χ4n) is 2.00. The van der Waals surface area contributed by atoms with Crippen LogP contribution in [0.15, 0.2) is 24.3 Å². The molecule has 0 spiro atoms. The Hall–Kier alpha value is -1.84. The molecular formula is C12H15N3O. The highest BCUT2D eigenvalue weighted by molar-refractivity contribution is 5.80. The average molecular weight is 217 g/mol. The first-order chi connectivity index (χ1) is 7.65. The minimum atomic E-state index is 0.0671. The van der Waals surface area contributed by atoms with E-state index in [1.165, 1.54) is 0 Å². The number of ketones is 1. The molecule has 0 unspecified atom stereocenters. The zero-order valence-electron chi connectivity index (χ0n) is 9.53. The lowest BCUT2D eigenvalue weighted by atomic mass is 10.3. The van der Waals surface area contributed by atoms with Crippen molar-refractivity contribution in [1.29, 1.82) is 5.41 Å². The minimum Gasteiger partial charge on any atom is -0.311 e. The molecule has 0 radical (unpaired) electrons. The predicted molar refractivity (Wildman–Crippen MR) is 62.1 cm³/mol. The van der Waals surface area contributed by atoms with Crippen LogP contribution in [0.25, 0.3) is 11.0 Å². The van der Waals surface area contributed by atoms with Gasteiger partial charge in [0, 0.05) is 6.54 Å². The minimum absolute atomic E-state index is 0.0671. The molecule has 0 aliphatic rings. The molecule has 0 saturated heterocycles. The summed E-state index contributed by atoms with van der Waals surface area (Å²) in [5.74, 6) is 0.0671. The Balaban J connectivity index is 2.77. The van der Waals surface area contributed by atoms with Gasteiger partial charge in [-0.1, -0.05) is 12.1 Å². The summed E-state index contributed by atoms with van der Waals surface area (Å²) in [5.41, 5.74) is 2.35. The number of aromatic nitrogens is 2. The molecule has 0 atom stereocenters. The number of hydrogen-bond acceptors (Lipinski definition) is 2. The Morgan fingerprint density at radius 2 is 1.81 bits per heavy atom. The van der Waals surface area contributed by atoms with E-state index in [0.29, 0.717) is 5.62 Å². The molecule has 0 saturated carbocycles. The molecule has 2 rings (SSSR count). The van der Waals surface area contributed by atoms with Crippen LogP contribution in [0.4, 0.5) is 0 Å². The lowest BCUT2D eigenvalue weighted by molar-refractivity contribution is -0.117. The number of para-hydroxylation sites is 2. The Morgan fingerprint density at radius 3 is 2.31 bits per heavy atom. The Kier molecular flexibility index (Phi) is 2.64. The second-order valence-electron chi connectivity index (χ2n) is 3.84. The Morgan fingerprint density at radius 1 is 1.25 bits per heavy atom. The number of imidazole rings is 1. The van der Waals surface area contributed by atoms with E-state index in [-0.39, 0.29) is 12.3 Å². The van der Waals surface area contributed by atoms with Gasteiger partial charge < -0.3 is 9.13 Å². The van der Waals surface area contributed by atoms with Gasteiger partial charge in [0.05, 0.1) is 17.6 Å². The summed E-state index contributed by atoms with van der Waals surface area (Å²) >= 11 is 0. The summed E-state index contributed by atoms with van der Waals surface area (Å²) in [6, 6.07) is 7.81. The van der Waals surface area contributed by atoms with Crippen molar-refractivity contribution in [3.05, 3.63) is 29.9 Å². The molecule has 4 nitrogen and oxygen atoms in total. The van der Waals surface area contributed by atoms with Crippen molar-refractivity contribution in [2.75, 3.05) is 0 Å². The lowest BCUT2D eigenvalue weighted by Gasteiger charge is -1.99. The summed E-state index contributed by atoms with van der Waals surface area (Å²) in [6.07, 6.45) is 0. The van der Waals surface area contributed by atoms with Crippen LogP contribution >= 0.6 is 0 Å². The van der Waals surface area contributed by atoms with Gasteiger partial charge in [0.2, 0.25) is 5.62 Å². The van der Waals surface area contributed by atoms with Gasteiger partial charge in [0.25, 0.3) is 0 Å². The maximum atomic E-state index is 11.2. The topological polar surface area (TPSA) is 50.8 Å². The van der Waals surface area contributed by atoms with Crippen LogP contribution in [-0.4, -0.2) is 14.9 Å². The number of Topliss-reactive ketones (excluding diaryl/α,β-unsaturated/α-hetero) is 1. The molecule has 0 aliphatic heterocycles. The third kappa shape index (κ3) is 1.56. The summed E-state index contributed by atoms with van der Waals surface area (Å²) in [7, 11) is 0. The first-order valence-electron chi connectivity index (χ1n) is 5.37. The molecule has 1 aromatic carbocycles. The molecule has 84 valence electrons. The van der Waals surface area contributed by atoms with Crippen LogP contribution in [0.2, 0.25) is 0 Å². The van der Waals surface area contributed by atoms with Gasteiger partial charge in [-0.05, 0) is 26.0 Å². The molecule has 1 aromatic heterocycles. The third-order valence-electron chi connectivity index (χ3n) is 2.67. The third-order valence-corrected chi connectivity index (χ3v) is 2.67. The van der Waals surface area contributed by atoms with Gasteiger partial charge in [-0.15, -0.1) is 0 Å². The molecule has 2 aromatic rings. The number of nitrogens with one attached hydrogen (secondary N) is 1. The smallest absolute Gasteiger partial charge is 0.203 e. The molecule has 0 bridgehead atoms. The summed E-state index contributed by atoms with van der Waals surface area (Å²) in [6.45, 7) is 4.56. The van der Waals surface area contributed by atoms with Crippen LogP contribution in [0.3, 0.4) is 0 Å². The highest BCUT2D eigenvalue weighted by Gasteiger charge is 2.09. The molecule has 1 N–H and O–H groups in total. The maximum Gasteiger partial charge on any atom is 0.203 e. The van der Waals surface area contributed by atoms with Crippen LogP contribution in [-0.2, 0) is 17.9 Å². The summed E-state index contributed by atoms with van der Waals surface area (Å²) in [5, 5.41) is 8.04. The molecule has 0 amide bonds. The zero-order chi connectivity index (χ0) is 11.7. The van der Waals surface area contributed by atoms with E-state index in [1.54, 1.807) is 11.5 Å². The monoisotopic (exact) mass is 217 g/mol. The fraction of sp³-hybridized carbons (Fsp3) is 0.333. The van der Waals surface area contributed by atoms with E-state index in [0.717, 1.165) is 17.6 Å². The zero-order valence-corrected chi connectivity index (χ0v) is 9.53. The van der Waals surface area contributed by atoms with Crippen molar-refractivity contribution in [2.45, 2.75) is 26.9 Å². The van der Waals surface area contributed by atoms with E-state index >= 15 is 0 Å². The summed E-state index contributed by atoms with van der Waals surface area (Å²) < 4.78 is 3.65. The van der Waals surface area contributed by atoms with Crippen LogP contribution in [0, 0.1) is 5.41 Å². The number of benzene rings is 1. The van der Waals surface area contributed by atoms with Gasteiger partial charge in [-0.3, -0.25) is 10.2 Å². The summed E-state index contributed by atoms with van der Waals surface area (Å²) in [4.78, 5) is 11.2. The van der Waals surface area contributed by atoms with E-state index in [2.05, 4.69) is 0 Å². The number of rotatable bonds is 3. The number of carbonyl (C=O) groups is 1. The number of fused-ring (bicyclic) bond motifs is 1. The SMILES string of the molecule is CCn1c(=N)n(CC(C)=O)c2ccccc21. The van der Waals surface area contributed by atoms with Crippen LogP contribution < -0.4 is 5.62 Å². The van der Waals surface area contributed by atoms with Crippen molar-refractivity contribution >= 4 is 16.8 Å². The Bertz CT molecular complexity index is 592. The van der Waals surface area contributed by atoms with Gasteiger partial charge in [-0.25, -0.2) is 0 Å². The molecule has 0 fully saturated rings. The largest absolute Gasteiger partial charge is 0.311 e. The van der Waals surface area contributed by atoms with Crippen molar-refractivity contribution in [3.63, 3.8) is 0 Å². The van der Waals surface area contributed by atoms with E-state index in [1.807, 2.05) is 35.8 Å². The highest BCUT2D eigenvalue weighted by Crippen LogP contribution is 2.12. The van der Waals surface area contributed by atoms with Crippen molar-refractivity contribution in [2.24, 2.45) is 0 Å². The number of hydrogen-bond donors (Lipinski definition) is 1. The van der Waals surface area contributed by atoms with Crippen LogP contribution in [0.5, 0.6) is 0 Å². The van der Waals surface area contributed by atoms with Crippen molar-refractivity contribution in [3.8, 4) is 0 Å². The first-order valence-corrected chi connectivity index (χ1v) is 5.37. The standard InChI is InChI=1S/C12H15N3O/c1-3-14-10-6-4-5-7-11(10)15(12(14)13)8-9(2)16/h4-7,13H,3,8H2,1-2H3. The van der Waals surface area contributed by atoms with E-state index in [4.69, 9.17) is 5.41 Å². The Labute approximate surface area is 93.6 Å². The average Bonchev–Trinajstić information content (AvgIpc) is 2.52. The number of nitrogens with zero attached hydrogens (tertiary/aromatic N) is 2. The van der Waals surface area contributed by atoms with Gasteiger partial charge >= 0.3 is 0 Å². The van der Waals surface area contributed by atoms with E-state index in [9.17, 15) is 4.79 Å². The number of aryl methyl sites for hydroxylation is 1. The normalized spacial score (nSPS) is 10.9. The van der Waals surface area contributed by atoms with Gasteiger partial charge in [0.1, 0.15) is 5.78 Å². The molecule has 0 aliphatic carbocycles. The highest BCUT2D eigenvalue weighted by atomic mass is 16.1. The lowest BCUT2D eigenvalue weighted by Crippen LogP contribution is -2.26. The predicted octanol–water partition coefficient (Wildman–Crippen LogP) is 1.53. The second kappa shape index (κ2) is 3.96. The maximum absolute atomic E-state index is 11.2. The van der Waals surface area contributed by atoms with Gasteiger partial charge in [-0.2, -0.15) is 0 Å². The molecule has 4 heteroatoms. The van der Waals surface area contributed by atoms with Crippen LogP contribution in [0.1, 0.15) is 13.8 Å². The quantitative estimate of drug-likeness (QED) is 0.832. The molecule has 16 heavy (non-hydrogen) atoms. The second-order valence-corrected chi connectivity index (χ2v) is 3.84. The first kappa shape index (κ1) is 10.7. The van der Waals surface area contributed by atoms with Gasteiger partial charge in [0.15, 0.2) is 0 Å². The fourth-order valence-corrected chi connectivity index (χ4v) is 2.00. The number of carbonyl (C=O) groups excluding carboxylic acids is 1.